The number of carbonyl (C=O) groups excluding carboxylic acids is 2. The van der Waals surface area contributed by atoms with Gasteiger partial charge in [0.15, 0.2) is 5.78 Å². The average molecular weight is 437 g/mol. The summed E-state index contributed by atoms with van der Waals surface area (Å²) in [5.74, 6) is 0.384. The number of amides is 1. The van der Waals surface area contributed by atoms with Gasteiger partial charge in [-0.25, -0.2) is 8.42 Å². The van der Waals surface area contributed by atoms with Crippen LogP contribution in [0.2, 0.25) is 0 Å². The summed E-state index contributed by atoms with van der Waals surface area (Å²) in [4.78, 5) is 24.4. The van der Waals surface area contributed by atoms with Gasteiger partial charge in [0.1, 0.15) is 5.54 Å². The van der Waals surface area contributed by atoms with Gasteiger partial charge in [0.2, 0.25) is 15.9 Å². The Balaban J connectivity index is 1.72. The van der Waals surface area contributed by atoms with Gasteiger partial charge in [-0.1, -0.05) is 25.0 Å². The zero-order valence-corrected chi connectivity index (χ0v) is 18.7. The topological polar surface area (TPSA) is 113 Å². The molecule has 0 spiro atoms. The van der Waals surface area contributed by atoms with Crippen molar-refractivity contribution < 1.29 is 23.1 Å². The maximum atomic E-state index is 13.0. The molecule has 0 saturated heterocycles. The Labute approximate surface area is 178 Å². The Morgan fingerprint density at radius 3 is 2.40 bits per heavy atom. The number of ketones is 1. The van der Waals surface area contributed by atoms with Crippen LogP contribution in [-0.2, 0) is 14.8 Å². The lowest BCUT2D eigenvalue weighted by atomic mass is 9.65. The number of hydrogen-bond acceptors (Lipinski definition) is 5. The zero-order chi connectivity index (χ0) is 22.1. The summed E-state index contributed by atoms with van der Waals surface area (Å²) in [6.45, 7) is 4.50. The lowest BCUT2D eigenvalue weighted by molar-refractivity contribution is -0.128. The molecule has 2 bridgehead atoms. The molecule has 8 heteroatoms. The Morgan fingerprint density at radius 2 is 1.80 bits per heavy atom. The molecule has 3 N–H and O–H groups in total. The van der Waals surface area contributed by atoms with E-state index in [0.29, 0.717) is 17.4 Å². The molecule has 0 heterocycles. The molecule has 0 aromatic heterocycles. The van der Waals surface area contributed by atoms with Gasteiger partial charge in [-0.05, 0) is 64.0 Å². The van der Waals surface area contributed by atoms with Gasteiger partial charge in [0.25, 0.3) is 0 Å². The van der Waals surface area contributed by atoms with Gasteiger partial charge in [-0.2, -0.15) is 4.72 Å². The van der Waals surface area contributed by atoms with Crippen LogP contribution < -0.4 is 10.0 Å². The van der Waals surface area contributed by atoms with Crippen LogP contribution in [0.25, 0.3) is 0 Å². The normalized spacial score (nSPS) is 26.8. The van der Waals surface area contributed by atoms with Crippen molar-refractivity contribution in [2.24, 2.45) is 17.8 Å². The number of carbonyl (C=O) groups is 2. The minimum atomic E-state index is -3.95. The summed E-state index contributed by atoms with van der Waals surface area (Å²) >= 11 is 0. The van der Waals surface area contributed by atoms with Gasteiger partial charge in [0, 0.05) is 24.1 Å². The third kappa shape index (κ3) is 4.92. The first-order valence-corrected chi connectivity index (χ1v) is 12.1. The number of sulfonamides is 1. The molecule has 4 unspecified atom stereocenters. The van der Waals surface area contributed by atoms with Crippen LogP contribution in [-0.4, -0.2) is 43.4 Å². The number of nitrogens with one attached hydrogen (secondary N) is 2. The molecular weight excluding hydrogens is 404 g/mol. The van der Waals surface area contributed by atoms with E-state index in [1.165, 1.54) is 51.5 Å². The minimum absolute atomic E-state index is 0.00420. The molecule has 166 valence electrons. The number of fused-ring (bicyclic) bond motifs is 2. The van der Waals surface area contributed by atoms with E-state index in [4.69, 9.17) is 0 Å². The minimum Gasteiger partial charge on any atom is -0.396 e. The van der Waals surface area contributed by atoms with Gasteiger partial charge in [-0.3, -0.25) is 9.59 Å². The molecule has 30 heavy (non-hydrogen) atoms. The molecule has 0 aliphatic heterocycles. The lowest BCUT2D eigenvalue weighted by Gasteiger charge is -2.45. The summed E-state index contributed by atoms with van der Waals surface area (Å²) < 4.78 is 28.1. The van der Waals surface area contributed by atoms with Crippen molar-refractivity contribution in [1.29, 1.82) is 0 Å². The summed E-state index contributed by atoms with van der Waals surface area (Å²) in [7, 11) is -3.95. The predicted octanol–water partition coefficient (Wildman–Crippen LogP) is 2.25. The first kappa shape index (κ1) is 22.9. The maximum absolute atomic E-state index is 13.0. The first-order chi connectivity index (χ1) is 14.0. The van der Waals surface area contributed by atoms with Crippen LogP contribution >= 0.6 is 0 Å². The van der Waals surface area contributed by atoms with Crippen molar-refractivity contribution in [3.8, 4) is 0 Å². The quantitative estimate of drug-likeness (QED) is 0.568. The first-order valence-electron chi connectivity index (χ1n) is 10.6. The zero-order valence-electron chi connectivity index (χ0n) is 17.8. The highest BCUT2D eigenvalue weighted by Crippen LogP contribution is 2.42. The van der Waals surface area contributed by atoms with Crippen molar-refractivity contribution in [2.45, 2.75) is 69.4 Å². The van der Waals surface area contributed by atoms with Crippen molar-refractivity contribution in [3.63, 3.8) is 0 Å². The molecule has 7 nitrogen and oxygen atoms in total. The maximum Gasteiger partial charge on any atom is 0.241 e. The van der Waals surface area contributed by atoms with Crippen LogP contribution in [0.4, 0.5) is 0 Å². The molecule has 1 amide bonds. The van der Waals surface area contributed by atoms with Crippen molar-refractivity contribution in [2.75, 3.05) is 6.61 Å². The largest absolute Gasteiger partial charge is 0.396 e. The SMILES string of the molecule is CC(=O)c1ccc(S(=O)(=O)NC(C)(C)C(=O)NC2C(CO)CC3CCCC2C3)cc1. The number of benzene rings is 1. The van der Waals surface area contributed by atoms with Gasteiger partial charge in [0.05, 0.1) is 4.90 Å². The summed E-state index contributed by atoms with van der Waals surface area (Å²) in [5, 5.41) is 12.9. The van der Waals surface area contributed by atoms with Crippen LogP contribution in [0.15, 0.2) is 29.2 Å². The second-order valence-corrected chi connectivity index (χ2v) is 11.0. The van der Waals surface area contributed by atoms with Crippen molar-refractivity contribution >= 4 is 21.7 Å². The fraction of sp³-hybridized carbons (Fsp3) is 0.636. The molecule has 2 saturated carbocycles. The Hall–Kier alpha value is -1.77. The standard InChI is InChI=1S/C22H32N2O5S/c1-14(26)16-7-9-19(10-8-16)30(28,29)24-22(2,3)21(27)23-20-17-6-4-5-15(11-17)12-18(20)13-25/h7-10,15,17-18,20,24-25H,4-6,11-13H2,1-3H3,(H,23,27). The molecule has 2 fully saturated rings. The van der Waals surface area contributed by atoms with Crippen molar-refractivity contribution in [1.82, 2.24) is 10.0 Å². The molecule has 1 aromatic carbocycles. The molecule has 2 aliphatic carbocycles. The number of hydrogen-bond donors (Lipinski definition) is 3. The van der Waals surface area contributed by atoms with E-state index in [-0.39, 0.29) is 29.2 Å². The van der Waals surface area contributed by atoms with Gasteiger partial charge < -0.3 is 10.4 Å². The second-order valence-electron chi connectivity index (χ2n) is 9.28. The molecule has 3 rings (SSSR count). The van der Waals surface area contributed by atoms with E-state index < -0.39 is 21.5 Å². The van der Waals surface area contributed by atoms with Crippen LogP contribution in [0.1, 0.15) is 63.2 Å². The molecule has 4 atom stereocenters. The Morgan fingerprint density at radius 1 is 1.13 bits per heavy atom. The van der Waals surface area contributed by atoms with Gasteiger partial charge in [-0.15, -0.1) is 0 Å². The van der Waals surface area contributed by atoms with E-state index in [0.717, 1.165) is 25.7 Å². The number of rotatable bonds is 7. The summed E-state index contributed by atoms with van der Waals surface area (Å²) in [5.41, 5.74) is -0.951. The molecular formula is C22H32N2O5S. The summed E-state index contributed by atoms with van der Waals surface area (Å²) in [6.07, 6.45) is 5.28. The number of aliphatic hydroxyl groups excluding tert-OH is 1. The highest BCUT2D eigenvalue weighted by Gasteiger charge is 2.42. The van der Waals surface area contributed by atoms with Gasteiger partial charge >= 0.3 is 0 Å². The highest BCUT2D eigenvalue weighted by atomic mass is 32.2. The highest BCUT2D eigenvalue weighted by molar-refractivity contribution is 7.89. The predicted molar refractivity (Wildman–Crippen MR) is 113 cm³/mol. The van der Waals surface area contributed by atoms with E-state index in [1.807, 2.05) is 0 Å². The Bertz CT molecular complexity index is 893. The molecule has 0 radical (unpaired) electrons. The fourth-order valence-electron chi connectivity index (χ4n) is 4.90. The summed E-state index contributed by atoms with van der Waals surface area (Å²) in [6, 6.07) is 5.49. The average Bonchev–Trinajstić information content (AvgIpc) is 2.69. The van der Waals surface area contributed by atoms with Crippen molar-refractivity contribution in [3.05, 3.63) is 29.8 Å². The van der Waals surface area contributed by atoms with E-state index >= 15 is 0 Å². The van der Waals surface area contributed by atoms with Crippen LogP contribution in [0.3, 0.4) is 0 Å². The van der Waals surface area contributed by atoms with Crippen LogP contribution in [0.5, 0.6) is 0 Å². The van der Waals surface area contributed by atoms with Crippen LogP contribution in [0, 0.1) is 17.8 Å². The van der Waals surface area contributed by atoms with E-state index in [1.54, 1.807) is 0 Å². The molecule has 2 aliphatic rings. The molecule has 1 aromatic rings. The number of aliphatic hydroxyl groups is 1. The monoisotopic (exact) mass is 436 g/mol. The van der Waals surface area contributed by atoms with E-state index in [9.17, 15) is 23.1 Å². The Kier molecular flexibility index (Phi) is 6.69. The number of Topliss-reactive ketones (excluding diaryl/α,β-unsaturated/α-hetero) is 1. The fourth-order valence-corrected chi connectivity index (χ4v) is 6.27. The van der Waals surface area contributed by atoms with E-state index in [2.05, 4.69) is 10.0 Å². The second kappa shape index (κ2) is 8.77. The third-order valence-corrected chi connectivity index (χ3v) is 8.21. The smallest absolute Gasteiger partial charge is 0.241 e. The lowest BCUT2D eigenvalue weighted by Crippen LogP contribution is -2.60. The third-order valence-electron chi connectivity index (χ3n) is 6.54.